The molecule has 1 atom stereocenters. The van der Waals surface area contributed by atoms with Crippen LogP contribution in [-0.2, 0) is 9.53 Å². The van der Waals surface area contributed by atoms with Gasteiger partial charge in [0.15, 0.2) is 0 Å². The number of aryl methyl sites for hydroxylation is 1. The van der Waals surface area contributed by atoms with E-state index in [9.17, 15) is 9.59 Å². The van der Waals surface area contributed by atoms with Gasteiger partial charge in [0.25, 0.3) is 0 Å². The van der Waals surface area contributed by atoms with Gasteiger partial charge < -0.3 is 14.5 Å². The number of nitrogens with zero attached hydrogens (tertiary/aromatic N) is 2. The molecule has 5 heteroatoms. The number of urea groups is 1. The SMILES string of the molecule is CCCC1=C(C(=O)OCC)C(c2ccc(C)cc2)N(C)C(=O)N1C. The first-order valence-electron chi connectivity index (χ1n) is 8.39. The standard InChI is InChI=1S/C19H26N2O3/c1-6-8-15-16(18(22)24-7-2)17(21(5)19(23)20(15)4)14-11-9-13(3)10-12-14/h9-12,17H,6-8H2,1-5H3. The minimum absolute atomic E-state index is 0.114. The van der Waals surface area contributed by atoms with Crippen molar-refractivity contribution in [3.63, 3.8) is 0 Å². The molecule has 5 nitrogen and oxygen atoms in total. The van der Waals surface area contributed by atoms with Gasteiger partial charge >= 0.3 is 12.0 Å². The summed E-state index contributed by atoms with van der Waals surface area (Å²) in [6.07, 6.45) is 1.51. The van der Waals surface area contributed by atoms with E-state index in [0.717, 1.165) is 23.2 Å². The van der Waals surface area contributed by atoms with Crippen molar-refractivity contribution in [2.45, 2.75) is 39.7 Å². The third-order valence-corrected chi connectivity index (χ3v) is 4.34. The first-order chi connectivity index (χ1) is 11.4. The molecule has 0 N–H and O–H groups in total. The summed E-state index contributed by atoms with van der Waals surface area (Å²) >= 11 is 0. The highest BCUT2D eigenvalue weighted by Crippen LogP contribution is 2.37. The highest BCUT2D eigenvalue weighted by Gasteiger charge is 2.40. The molecule has 1 aliphatic rings. The minimum atomic E-state index is -0.421. The molecule has 0 fully saturated rings. The molecule has 1 aromatic rings. The molecule has 24 heavy (non-hydrogen) atoms. The van der Waals surface area contributed by atoms with Gasteiger partial charge in [0, 0.05) is 19.8 Å². The summed E-state index contributed by atoms with van der Waals surface area (Å²) in [5.41, 5.74) is 3.37. The summed E-state index contributed by atoms with van der Waals surface area (Å²) in [6.45, 7) is 6.15. The Morgan fingerprint density at radius 2 is 1.79 bits per heavy atom. The highest BCUT2D eigenvalue weighted by molar-refractivity contribution is 5.95. The van der Waals surface area contributed by atoms with Crippen molar-refractivity contribution in [3.05, 3.63) is 46.7 Å². The van der Waals surface area contributed by atoms with Crippen LogP contribution in [0, 0.1) is 6.92 Å². The van der Waals surface area contributed by atoms with Crippen LogP contribution in [0.1, 0.15) is 43.9 Å². The predicted octanol–water partition coefficient (Wildman–Crippen LogP) is 3.65. The highest BCUT2D eigenvalue weighted by atomic mass is 16.5. The molecule has 0 aliphatic carbocycles. The van der Waals surface area contributed by atoms with Gasteiger partial charge in [0.1, 0.15) is 0 Å². The number of carbonyl (C=O) groups excluding carboxylic acids is 2. The maximum atomic E-state index is 12.7. The molecule has 0 saturated heterocycles. The lowest BCUT2D eigenvalue weighted by atomic mass is 9.91. The molecule has 1 aromatic carbocycles. The molecule has 1 aliphatic heterocycles. The fourth-order valence-electron chi connectivity index (χ4n) is 3.11. The first kappa shape index (κ1) is 18.0. The number of benzene rings is 1. The second-order valence-corrected chi connectivity index (χ2v) is 6.10. The van der Waals surface area contributed by atoms with Crippen molar-refractivity contribution in [1.29, 1.82) is 0 Å². The summed E-state index contributed by atoms with van der Waals surface area (Å²) in [6, 6.07) is 7.39. The first-order valence-corrected chi connectivity index (χ1v) is 8.39. The van der Waals surface area contributed by atoms with Crippen LogP contribution in [-0.4, -0.2) is 42.5 Å². The zero-order valence-corrected chi connectivity index (χ0v) is 15.1. The fraction of sp³-hybridized carbons (Fsp3) is 0.474. The second-order valence-electron chi connectivity index (χ2n) is 6.10. The van der Waals surface area contributed by atoms with E-state index in [1.807, 2.05) is 38.1 Å². The zero-order chi connectivity index (χ0) is 17.9. The van der Waals surface area contributed by atoms with Gasteiger partial charge in [-0.3, -0.25) is 0 Å². The van der Waals surface area contributed by atoms with Crippen molar-refractivity contribution in [3.8, 4) is 0 Å². The van der Waals surface area contributed by atoms with Crippen LogP contribution >= 0.6 is 0 Å². The summed E-state index contributed by atoms with van der Waals surface area (Å²) in [7, 11) is 3.44. The molecule has 0 radical (unpaired) electrons. The average molecular weight is 330 g/mol. The van der Waals surface area contributed by atoms with Gasteiger partial charge in [0.2, 0.25) is 0 Å². The van der Waals surface area contributed by atoms with Gasteiger partial charge in [-0.2, -0.15) is 0 Å². The van der Waals surface area contributed by atoms with Crippen molar-refractivity contribution < 1.29 is 14.3 Å². The lowest BCUT2D eigenvalue weighted by molar-refractivity contribution is -0.139. The minimum Gasteiger partial charge on any atom is -0.463 e. The number of amides is 2. The van der Waals surface area contributed by atoms with Crippen molar-refractivity contribution in [2.24, 2.45) is 0 Å². The van der Waals surface area contributed by atoms with Crippen LogP contribution in [0.5, 0.6) is 0 Å². The van der Waals surface area contributed by atoms with Gasteiger partial charge in [-0.05, 0) is 25.8 Å². The van der Waals surface area contributed by atoms with Crippen LogP contribution in [0.4, 0.5) is 4.79 Å². The lowest BCUT2D eigenvalue weighted by Crippen LogP contribution is -2.47. The van der Waals surface area contributed by atoms with Crippen LogP contribution in [0.25, 0.3) is 0 Å². The Labute approximate surface area is 143 Å². The Morgan fingerprint density at radius 1 is 1.17 bits per heavy atom. The van der Waals surface area contributed by atoms with Crippen molar-refractivity contribution in [1.82, 2.24) is 9.80 Å². The lowest BCUT2D eigenvalue weighted by Gasteiger charge is -2.40. The molecule has 2 rings (SSSR count). The van der Waals surface area contributed by atoms with E-state index in [1.54, 1.807) is 30.8 Å². The molecule has 0 spiro atoms. The van der Waals surface area contributed by atoms with Gasteiger partial charge in [-0.15, -0.1) is 0 Å². The Bertz CT molecular complexity index is 649. The summed E-state index contributed by atoms with van der Waals surface area (Å²) in [5, 5.41) is 0. The number of rotatable bonds is 5. The molecular weight excluding hydrogens is 304 g/mol. The van der Waals surface area contributed by atoms with Gasteiger partial charge in [-0.1, -0.05) is 43.2 Å². The number of hydrogen-bond donors (Lipinski definition) is 0. The fourth-order valence-corrected chi connectivity index (χ4v) is 3.11. The molecule has 0 saturated carbocycles. The molecule has 2 amide bonds. The number of hydrogen-bond acceptors (Lipinski definition) is 3. The number of likely N-dealkylation sites (N-methyl/N-ethyl adjacent to an activating group) is 1. The molecule has 130 valence electrons. The van der Waals surface area contributed by atoms with Crippen LogP contribution < -0.4 is 0 Å². The van der Waals surface area contributed by atoms with Crippen molar-refractivity contribution >= 4 is 12.0 Å². The summed E-state index contributed by atoms with van der Waals surface area (Å²) in [4.78, 5) is 28.5. The third-order valence-electron chi connectivity index (χ3n) is 4.34. The van der Waals surface area contributed by atoms with Crippen LogP contribution in [0.2, 0.25) is 0 Å². The van der Waals surface area contributed by atoms with E-state index in [2.05, 4.69) is 0 Å². The quantitative estimate of drug-likeness (QED) is 0.774. The van der Waals surface area contributed by atoms with Gasteiger partial charge in [0.05, 0.1) is 18.2 Å². The van der Waals surface area contributed by atoms with Crippen LogP contribution in [0.3, 0.4) is 0 Å². The molecule has 1 unspecified atom stereocenters. The largest absolute Gasteiger partial charge is 0.463 e. The smallest absolute Gasteiger partial charge is 0.338 e. The van der Waals surface area contributed by atoms with Crippen LogP contribution in [0.15, 0.2) is 35.5 Å². The number of esters is 1. The third kappa shape index (κ3) is 3.30. The number of carbonyl (C=O) groups is 2. The number of ether oxygens (including phenoxy) is 1. The molecule has 0 aromatic heterocycles. The van der Waals surface area contributed by atoms with E-state index in [4.69, 9.17) is 4.74 Å². The Morgan fingerprint density at radius 3 is 2.33 bits per heavy atom. The summed E-state index contributed by atoms with van der Waals surface area (Å²) in [5.74, 6) is -0.349. The summed E-state index contributed by atoms with van der Waals surface area (Å²) < 4.78 is 5.30. The maximum absolute atomic E-state index is 12.7. The monoisotopic (exact) mass is 330 g/mol. The Hall–Kier alpha value is -2.30. The Balaban J connectivity index is 2.63. The van der Waals surface area contributed by atoms with E-state index < -0.39 is 6.04 Å². The molecule has 0 bridgehead atoms. The van der Waals surface area contributed by atoms with E-state index in [0.29, 0.717) is 18.6 Å². The topological polar surface area (TPSA) is 49.9 Å². The zero-order valence-electron chi connectivity index (χ0n) is 15.1. The van der Waals surface area contributed by atoms with E-state index >= 15 is 0 Å². The average Bonchev–Trinajstić information content (AvgIpc) is 2.56. The Kier molecular flexibility index (Phi) is 5.65. The van der Waals surface area contributed by atoms with E-state index in [1.165, 1.54) is 0 Å². The van der Waals surface area contributed by atoms with E-state index in [-0.39, 0.29) is 12.0 Å². The maximum Gasteiger partial charge on any atom is 0.338 e. The van der Waals surface area contributed by atoms with Crippen molar-refractivity contribution in [2.75, 3.05) is 20.7 Å². The second kappa shape index (κ2) is 7.51. The number of allylic oxidation sites excluding steroid dienone is 1. The molecular formula is C19H26N2O3. The normalized spacial score (nSPS) is 18.2. The predicted molar refractivity (Wildman–Crippen MR) is 93.4 cm³/mol. The molecule has 1 heterocycles. The van der Waals surface area contributed by atoms with Gasteiger partial charge in [-0.25, -0.2) is 9.59 Å².